The lowest BCUT2D eigenvalue weighted by molar-refractivity contribution is 0.0702. The molecule has 0 bridgehead atoms. The average Bonchev–Trinajstić information content (AvgIpc) is 2.14. The van der Waals surface area contributed by atoms with Gasteiger partial charge in [-0.05, 0) is 32.4 Å². The molecule has 0 radical (unpaired) electrons. The molecule has 1 unspecified atom stereocenters. The van der Waals surface area contributed by atoms with Crippen LogP contribution in [0.5, 0.6) is 0 Å². The Morgan fingerprint density at radius 1 is 1.59 bits per heavy atom. The zero-order valence-electron chi connectivity index (χ0n) is 10.5. The van der Waals surface area contributed by atoms with Gasteiger partial charge in [-0.15, -0.1) is 0 Å². The summed E-state index contributed by atoms with van der Waals surface area (Å²) in [6.45, 7) is 5.55. The molecule has 0 aromatic carbocycles. The number of rotatable bonds is 3. The third kappa shape index (κ3) is 3.41. The summed E-state index contributed by atoms with van der Waals surface area (Å²) in [6.07, 6.45) is -0.568. The van der Waals surface area contributed by atoms with E-state index in [4.69, 9.17) is 11.6 Å². The molecule has 1 amide bonds. The van der Waals surface area contributed by atoms with Crippen molar-refractivity contribution in [1.82, 2.24) is 9.88 Å². The number of likely N-dealkylation sites (N-methyl/N-ethyl adjacent to an activating group) is 1. The molecule has 5 heteroatoms. The summed E-state index contributed by atoms with van der Waals surface area (Å²) in [5.41, 5.74) is 1.98. The monoisotopic (exact) mass is 256 g/mol. The van der Waals surface area contributed by atoms with Crippen molar-refractivity contribution in [3.63, 3.8) is 0 Å². The first-order chi connectivity index (χ1) is 7.82. The first-order valence-corrected chi connectivity index (χ1v) is 5.78. The van der Waals surface area contributed by atoms with Crippen LogP contribution in [0.1, 0.15) is 28.5 Å². The number of halogens is 1. The van der Waals surface area contributed by atoms with Crippen molar-refractivity contribution in [2.45, 2.75) is 26.9 Å². The van der Waals surface area contributed by atoms with Crippen LogP contribution in [0.2, 0.25) is 5.15 Å². The van der Waals surface area contributed by atoms with Crippen LogP contribution in [0.25, 0.3) is 0 Å². The van der Waals surface area contributed by atoms with E-state index >= 15 is 0 Å². The summed E-state index contributed by atoms with van der Waals surface area (Å²) in [4.78, 5) is 17.6. The number of aliphatic hydroxyl groups excluding tert-OH is 1. The van der Waals surface area contributed by atoms with Gasteiger partial charge in [0, 0.05) is 19.3 Å². The molecule has 17 heavy (non-hydrogen) atoms. The van der Waals surface area contributed by atoms with Crippen molar-refractivity contribution >= 4 is 17.5 Å². The van der Waals surface area contributed by atoms with Crippen LogP contribution in [0, 0.1) is 13.8 Å². The number of aliphatic hydroxyl groups is 1. The fourth-order valence-corrected chi connectivity index (χ4v) is 2.08. The van der Waals surface area contributed by atoms with Crippen LogP contribution in [0.4, 0.5) is 0 Å². The lowest BCUT2D eigenvalue weighted by Gasteiger charge is -2.20. The highest BCUT2D eigenvalue weighted by molar-refractivity contribution is 6.32. The fraction of sp³-hybridized carbons (Fsp3) is 0.500. The summed E-state index contributed by atoms with van der Waals surface area (Å²) in [5.74, 6) is -0.221. The van der Waals surface area contributed by atoms with Gasteiger partial charge in [0.25, 0.3) is 5.91 Å². The molecule has 1 heterocycles. The highest BCUT2D eigenvalue weighted by Gasteiger charge is 2.19. The molecule has 0 spiro atoms. The van der Waals surface area contributed by atoms with Crippen molar-refractivity contribution in [1.29, 1.82) is 0 Å². The Labute approximate surface area is 106 Å². The predicted octanol–water partition coefficient (Wildman–Crippen LogP) is 1.80. The van der Waals surface area contributed by atoms with Crippen molar-refractivity contribution in [2.75, 3.05) is 13.6 Å². The lowest BCUT2D eigenvalue weighted by atomic mass is 10.1. The van der Waals surface area contributed by atoms with Crippen LogP contribution < -0.4 is 0 Å². The third-order valence-corrected chi connectivity index (χ3v) is 2.67. The molecular weight excluding hydrogens is 240 g/mol. The second-order valence-electron chi connectivity index (χ2n) is 4.28. The molecule has 0 aliphatic heterocycles. The Hall–Kier alpha value is -1.13. The zero-order valence-corrected chi connectivity index (χ0v) is 11.2. The van der Waals surface area contributed by atoms with Crippen LogP contribution in [-0.4, -0.2) is 40.6 Å². The molecule has 1 rings (SSSR count). The highest BCUT2D eigenvalue weighted by Crippen LogP contribution is 2.20. The van der Waals surface area contributed by atoms with Crippen LogP contribution in [0.15, 0.2) is 6.07 Å². The van der Waals surface area contributed by atoms with E-state index in [-0.39, 0.29) is 17.6 Å². The van der Waals surface area contributed by atoms with Gasteiger partial charge in [0.2, 0.25) is 0 Å². The quantitative estimate of drug-likeness (QED) is 0.839. The second-order valence-corrected chi connectivity index (χ2v) is 4.64. The van der Waals surface area contributed by atoms with E-state index in [0.29, 0.717) is 5.56 Å². The molecule has 1 aromatic heterocycles. The summed E-state index contributed by atoms with van der Waals surface area (Å²) < 4.78 is 0. The van der Waals surface area contributed by atoms with Gasteiger partial charge in [-0.25, -0.2) is 4.98 Å². The van der Waals surface area contributed by atoms with Crippen molar-refractivity contribution in [2.24, 2.45) is 0 Å². The molecule has 0 aliphatic carbocycles. The number of carbonyl (C=O) groups excluding carboxylic acids is 1. The Bertz CT molecular complexity index is 410. The number of aromatic nitrogens is 1. The van der Waals surface area contributed by atoms with Gasteiger partial charge in [0.15, 0.2) is 0 Å². The highest BCUT2D eigenvalue weighted by atomic mass is 35.5. The molecule has 4 nitrogen and oxygen atoms in total. The first kappa shape index (κ1) is 13.9. The normalized spacial score (nSPS) is 12.4. The van der Waals surface area contributed by atoms with E-state index in [1.54, 1.807) is 14.0 Å². The number of carbonyl (C=O) groups is 1. The van der Waals surface area contributed by atoms with E-state index in [2.05, 4.69) is 4.98 Å². The number of nitrogens with zero attached hydrogens (tertiary/aromatic N) is 2. The maximum atomic E-state index is 12.1. The van der Waals surface area contributed by atoms with Crippen LogP contribution >= 0.6 is 11.6 Å². The summed E-state index contributed by atoms with van der Waals surface area (Å²) in [5, 5.41) is 9.47. The first-order valence-electron chi connectivity index (χ1n) is 5.40. The Kier molecular flexibility index (Phi) is 4.48. The summed E-state index contributed by atoms with van der Waals surface area (Å²) in [7, 11) is 1.63. The van der Waals surface area contributed by atoms with Gasteiger partial charge in [-0.3, -0.25) is 4.79 Å². The second kappa shape index (κ2) is 5.47. The standard InChI is InChI=1S/C12H17ClN2O2/c1-7-5-8(2)14-11(13)10(7)12(17)15(4)6-9(3)16/h5,9,16H,6H2,1-4H3. The molecule has 94 valence electrons. The zero-order chi connectivity index (χ0) is 13.2. The predicted molar refractivity (Wildman–Crippen MR) is 67.4 cm³/mol. The SMILES string of the molecule is Cc1cc(C)c(C(=O)N(C)CC(C)O)c(Cl)n1. The van der Waals surface area contributed by atoms with E-state index < -0.39 is 6.10 Å². The molecule has 1 N–H and O–H groups in total. The topological polar surface area (TPSA) is 53.4 Å². The lowest BCUT2D eigenvalue weighted by Crippen LogP contribution is -2.33. The largest absolute Gasteiger partial charge is 0.392 e. The van der Waals surface area contributed by atoms with Gasteiger partial charge >= 0.3 is 0 Å². The van der Waals surface area contributed by atoms with Crippen molar-refractivity contribution in [3.8, 4) is 0 Å². The van der Waals surface area contributed by atoms with Gasteiger partial charge in [-0.2, -0.15) is 0 Å². The van der Waals surface area contributed by atoms with Crippen molar-refractivity contribution in [3.05, 3.63) is 28.0 Å². The summed E-state index contributed by atoms with van der Waals surface area (Å²) in [6, 6.07) is 1.81. The number of hydrogen-bond acceptors (Lipinski definition) is 3. The third-order valence-electron chi connectivity index (χ3n) is 2.40. The van der Waals surface area contributed by atoms with Crippen LogP contribution in [0.3, 0.4) is 0 Å². The minimum Gasteiger partial charge on any atom is -0.392 e. The molecule has 1 atom stereocenters. The van der Waals surface area contributed by atoms with Crippen molar-refractivity contribution < 1.29 is 9.90 Å². The smallest absolute Gasteiger partial charge is 0.257 e. The molecule has 0 aliphatic rings. The number of amides is 1. The fourth-order valence-electron chi connectivity index (χ4n) is 1.72. The Balaban J connectivity index is 3.04. The average molecular weight is 257 g/mol. The molecule has 0 saturated carbocycles. The maximum absolute atomic E-state index is 12.1. The van der Waals surface area contributed by atoms with E-state index in [9.17, 15) is 9.90 Å². The number of aryl methyl sites for hydroxylation is 2. The number of hydrogen-bond donors (Lipinski definition) is 1. The molecule has 1 aromatic rings. The van der Waals surface area contributed by atoms with Gasteiger partial charge in [0.05, 0.1) is 11.7 Å². The summed E-state index contributed by atoms with van der Waals surface area (Å²) >= 11 is 5.99. The Morgan fingerprint density at radius 3 is 2.65 bits per heavy atom. The number of pyridine rings is 1. The van der Waals surface area contributed by atoms with Gasteiger partial charge < -0.3 is 10.0 Å². The minimum absolute atomic E-state index is 0.213. The van der Waals surface area contributed by atoms with Gasteiger partial charge in [-0.1, -0.05) is 11.6 Å². The van der Waals surface area contributed by atoms with Crippen LogP contribution in [-0.2, 0) is 0 Å². The van der Waals surface area contributed by atoms with Gasteiger partial charge in [0.1, 0.15) is 5.15 Å². The Morgan fingerprint density at radius 2 is 2.18 bits per heavy atom. The minimum atomic E-state index is -0.568. The molecular formula is C12H17ClN2O2. The van der Waals surface area contributed by atoms with E-state index in [0.717, 1.165) is 11.3 Å². The van der Waals surface area contributed by atoms with E-state index in [1.165, 1.54) is 4.90 Å². The maximum Gasteiger partial charge on any atom is 0.257 e. The molecule has 0 fully saturated rings. The van der Waals surface area contributed by atoms with E-state index in [1.807, 2.05) is 19.9 Å². The molecule has 0 saturated heterocycles.